The van der Waals surface area contributed by atoms with Gasteiger partial charge in [-0.1, -0.05) is 0 Å². The van der Waals surface area contributed by atoms with Crippen molar-refractivity contribution < 1.29 is 18.5 Å². The van der Waals surface area contributed by atoms with Gasteiger partial charge in [0.1, 0.15) is 0 Å². The van der Waals surface area contributed by atoms with E-state index >= 15 is 0 Å². The van der Waals surface area contributed by atoms with Crippen LogP contribution in [0.2, 0.25) is 0 Å². The topological polar surface area (TPSA) is 90.7 Å². The zero-order chi connectivity index (χ0) is 14.7. The molecular formula is C13H18N2O4S. The summed E-state index contributed by atoms with van der Waals surface area (Å²) in [6.07, 6.45) is 2.30. The fourth-order valence-electron chi connectivity index (χ4n) is 1.87. The first kappa shape index (κ1) is 14.6. The van der Waals surface area contributed by atoms with Crippen LogP contribution in [0.25, 0.3) is 0 Å². The average Bonchev–Trinajstić information content (AvgIpc) is 2.82. The Morgan fingerprint density at radius 3 is 2.75 bits per heavy atom. The van der Waals surface area contributed by atoms with Crippen molar-refractivity contribution >= 4 is 22.4 Å². The van der Waals surface area contributed by atoms with E-state index in [0.717, 1.165) is 0 Å². The number of rotatable bonds is 5. The van der Waals surface area contributed by atoms with Crippen molar-refractivity contribution in [1.82, 2.24) is 5.32 Å². The Morgan fingerprint density at radius 1 is 1.45 bits per heavy atom. The van der Waals surface area contributed by atoms with Gasteiger partial charge in [-0.2, -0.15) is 0 Å². The van der Waals surface area contributed by atoms with Crippen LogP contribution in [-0.2, 0) is 10.8 Å². The zero-order valence-electron chi connectivity index (χ0n) is 11.5. The standard InChI is InChI=1S/C13H18N2O4S/c1-8(3-4-20(2)17)15-13(16)9-5-11-12(6-10(9)14)19-7-18-11/h5-6,8H,3-4,7,14H2,1-2H3,(H,15,16). The Hall–Kier alpha value is -1.76. The molecule has 2 atom stereocenters. The van der Waals surface area contributed by atoms with Crippen LogP contribution in [0.15, 0.2) is 12.1 Å². The van der Waals surface area contributed by atoms with Crippen LogP contribution in [0, 0.1) is 0 Å². The third-order valence-corrected chi connectivity index (χ3v) is 3.82. The monoisotopic (exact) mass is 298 g/mol. The highest BCUT2D eigenvalue weighted by atomic mass is 32.2. The van der Waals surface area contributed by atoms with Crippen LogP contribution < -0.4 is 20.5 Å². The van der Waals surface area contributed by atoms with E-state index in [1.165, 1.54) is 0 Å². The molecule has 1 aliphatic rings. The number of carbonyl (C=O) groups is 1. The highest BCUT2D eigenvalue weighted by Gasteiger charge is 2.20. The molecule has 1 aromatic rings. The van der Waals surface area contributed by atoms with Gasteiger partial charge in [-0.05, 0) is 19.4 Å². The summed E-state index contributed by atoms with van der Waals surface area (Å²) in [5.74, 6) is 1.35. The van der Waals surface area contributed by atoms with Crippen molar-refractivity contribution in [2.24, 2.45) is 0 Å². The first-order valence-corrected chi connectivity index (χ1v) is 8.00. The van der Waals surface area contributed by atoms with Crippen molar-refractivity contribution in [1.29, 1.82) is 0 Å². The minimum atomic E-state index is -0.862. The van der Waals surface area contributed by atoms with Gasteiger partial charge in [-0.3, -0.25) is 9.00 Å². The number of nitrogens with two attached hydrogens (primary N) is 1. The minimum absolute atomic E-state index is 0.0729. The number of nitrogen functional groups attached to an aromatic ring is 1. The van der Waals surface area contributed by atoms with E-state index in [4.69, 9.17) is 15.2 Å². The summed E-state index contributed by atoms with van der Waals surface area (Å²) < 4.78 is 21.5. The maximum absolute atomic E-state index is 12.2. The SMILES string of the molecule is CC(CCS(C)=O)NC(=O)c1cc2c(cc1N)OCO2. The molecule has 1 aliphatic heterocycles. The molecule has 20 heavy (non-hydrogen) atoms. The summed E-state index contributed by atoms with van der Waals surface area (Å²) >= 11 is 0. The molecule has 0 radical (unpaired) electrons. The van der Waals surface area contributed by atoms with Crippen molar-refractivity contribution in [2.75, 3.05) is 24.5 Å². The Kier molecular flexibility index (Phi) is 4.49. The van der Waals surface area contributed by atoms with Gasteiger partial charge < -0.3 is 20.5 Å². The van der Waals surface area contributed by atoms with Gasteiger partial charge in [0.15, 0.2) is 11.5 Å². The lowest BCUT2D eigenvalue weighted by atomic mass is 10.1. The fraction of sp³-hybridized carbons (Fsp3) is 0.462. The zero-order valence-corrected chi connectivity index (χ0v) is 12.3. The lowest BCUT2D eigenvalue weighted by molar-refractivity contribution is 0.0940. The number of carbonyl (C=O) groups excluding carboxylic acids is 1. The van der Waals surface area contributed by atoms with Crippen LogP contribution in [0.5, 0.6) is 11.5 Å². The second kappa shape index (κ2) is 6.13. The number of hydrogen-bond donors (Lipinski definition) is 2. The van der Waals surface area contributed by atoms with E-state index in [9.17, 15) is 9.00 Å². The van der Waals surface area contributed by atoms with Crippen molar-refractivity contribution in [3.05, 3.63) is 17.7 Å². The number of amides is 1. The Labute approximate surface area is 120 Å². The summed E-state index contributed by atoms with van der Waals surface area (Å²) in [6.45, 7) is 2.01. The van der Waals surface area contributed by atoms with Gasteiger partial charge in [0.25, 0.3) is 5.91 Å². The molecule has 0 spiro atoms. The van der Waals surface area contributed by atoms with Gasteiger partial charge in [-0.25, -0.2) is 0 Å². The molecule has 3 N–H and O–H groups in total. The normalized spacial score (nSPS) is 15.7. The second-order valence-corrected chi connectivity index (χ2v) is 6.29. The predicted octanol–water partition coefficient (Wildman–Crippen LogP) is 0.884. The lowest BCUT2D eigenvalue weighted by Gasteiger charge is -2.14. The number of fused-ring (bicyclic) bond motifs is 1. The van der Waals surface area contributed by atoms with Crippen LogP contribution in [0.1, 0.15) is 23.7 Å². The molecule has 7 heteroatoms. The largest absolute Gasteiger partial charge is 0.454 e. The molecule has 1 heterocycles. The maximum Gasteiger partial charge on any atom is 0.253 e. The van der Waals surface area contributed by atoms with E-state index in [2.05, 4.69) is 5.32 Å². The van der Waals surface area contributed by atoms with Crippen molar-refractivity contribution in [3.63, 3.8) is 0 Å². The Morgan fingerprint density at radius 2 is 2.10 bits per heavy atom. The predicted molar refractivity (Wildman–Crippen MR) is 77.5 cm³/mol. The van der Waals surface area contributed by atoms with E-state index in [-0.39, 0.29) is 18.7 Å². The molecule has 0 bridgehead atoms. The van der Waals surface area contributed by atoms with Crippen LogP contribution in [-0.4, -0.2) is 35.0 Å². The van der Waals surface area contributed by atoms with E-state index in [0.29, 0.717) is 34.9 Å². The first-order chi connectivity index (χ1) is 9.47. The number of anilines is 1. The van der Waals surface area contributed by atoms with Gasteiger partial charge in [-0.15, -0.1) is 0 Å². The quantitative estimate of drug-likeness (QED) is 0.788. The fourth-order valence-corrected chi connectivity index (χ4v) is 2.56. The molecule has 0 saturated heterocycles. The van der Waals surface area contributed by atoms with Crippen LogP contribution in [0.3, 0.4) is 0 Å². The number of benzene rings is 1. The van der Waals surface area contributed by atoms with E-state index < -0.39 is 10.8 Å². The molecule has 1 amide bonds. The molecule has 6 nitrogen and oxygen atoms in total. The van der Waals surface area contributed by atoms with Crippen LogP contribution in [0.4, 0.5) is 5.69 Å². The molecule has 0 aliphatic carbocycles. The molecule has 0 fully saturated rings. The molecule has 0 saturated carbocycles. The molecule has 110 valence electrons. The highest BCUT2D eigenvalue weighted by Crippen LogP contribution is 2.35. The van der Waals surface area contributed by atoms with E-state index in [1.54, 1.807) is 18.4 Å². The third kappa shape index (κ3) is 3.41. The highest BCUT2D eigenvalue weighted by molar-refractivity contribution is 7.84. The summed E-state index contributed by atoms with van der Waals surface area (Å²) in [5.41, 5.74) is 6.55. The smallest absolute Gasteiger partial charge is 0.253 e. The summed E-state index contributed by atoms with van der Waals surface area (Å²) in [5, 5.41) is 2.83. The molecular weight excluding hydrogens is 280 g/mol. The van der Waals surface area contributed by atoms with Crippen LogP contribution >= 0.6 is 0 Å². The van der Waals surface area contributed by atoms with Gasteiger partial charge >= 0.3 is 0 Å². The van der Waals surface area contributed by atoms with Gasteiger partial charge in [0.05, 0.1) is 5.56 Å². The molecule has 1 aromatic carbocycles. The third-order valence-electron chi connectivity index (χ3n) is 3.01. The lowest BCUT2D eigenvalue weighted by Crippen LogP contribution is -2.33. The van der Waals surface area contributed by atoms with Gasteiger partial charge in [0.2, 0.25) is 6.79 Å². The molecule has 0 aromatic heterocycles. The Balaban J connectivity index is 2.04. The van der Waals surface area contributed by atoms with Crippen molar-refractivity contribution in [2.45, 2.75) is 19.4 Å². The average molecular weight is 298 g/mol. The van der Waals surface area contributed by atoms with E-state index in [1.807, 2.05) is 6.92 Å². The number of nitrogens with one attached hydrogen (secondary N) is 1. The second-order valence-electron chi connectivity index (χ2n) is 4.73. The number of ether oxygens (including phenoxy) is 2. The molecule has 2 rings (SSSR count). The first-order valence-electron chi connectivity index (χ1n) is 6.27. The maximum atomic E-state index is 12.2. The van der Waals surface area contributed by atoms with Crippen molar-refractivity contribution in [3.8, 4) is 11.5 Å². The summed E-state index contributed by atoms with van der Waals surface area (Å²) in [4.78, 5) is 12.2. The summed E-state index contributed by atoms with van der Waals surface area (Å²) in [7, 11) is -0.862. The number of hydrogen-bond acceptors (Lipinski definition) is 5. The molecule has 2 unspecified atom stereocenters. The summed E-state index contributed by atoms with van der Waals surface area (Å²) in [6, 6.07) is 3.09. The Bertz CT molecular complexity index is 547. The van der Waals surface area contributed by atoms with Gasteiger partial charge in [0, 0.05) is 40.6 Å². The minimum Gasteiger partial charge on any atom is -0.454 e.